The van der Waals surface area contributed by atoms with Crippen molar-refractivity contribution in [3.05, 3.63) is 63.2 Å². The molecule has 7 nitrogen and oxygen atoms in total. The van der Waals surface area contributed by atoms with Gasteiger partial charge in [0.1, 0.15) is 0 Å². The summed E-state index contributed by atoms with van der Waals surface area (Å²) >= 11 is 0. The van der Waals surface area contributed by atoms with E-state index in [0.29, 0.717) is 24.5 Å². The van der Waals surface area contributed by atoms with Gasteiger partial charge in [0.05, 0.1) is 25.2 Å². The summed E-state index contributed by atoms with van der Waals surface area (Å²) < 4.78 is 10.7. The van der Waals surface area contributed by atoms with E-state index in [1.807, 2.05) is 12.1 Å². The number of carbonyl (C=O) groups excluding carboxylic acids is 1. The van der Waals surface area contributed by atoms with Crippen LogP contribution < -0.4 is 9.47 Å². The molecule has 26 heavy (non-hydrogen) atoms. The molecule has 2 aromatic rings. The SMILES string of the molecule is COc1ccc(C2c3cc([N+](=O)[O-])ccc3CCN2C(C)=O)cc1OC. The second kappa shape index (κ2) is 7.03. The number of benzene rings is 2. The molecule has 1 unspecified atom stereocenters. The number of methoxy groups -OCH3 is 2. The van der Waals surface area contributed by atoms with Crippen molar-refractivity contribution >= 4 is 11.6 Å². The Kier molecular flexibility index (Phi) is 4.79. The number of amides is 1. The fourth-order valence-corrected chi connectivity index (χ4v) is 3.44. The predicted molar refractivity (Wildman–Crippen MR) is 95.6 cm³/mol. The number of hydrogen-bond acceptors (Lipinski definition) is 5. The smallest absolute Gasteiger partial charge is 0.269 e. The molecule has 0 aromatic heterocycles. The molecular weight excluding hydrogens is 336 g/mol. The summed E-state index contributed by atoms with van der Waals surface area (Å²) in [6, 6.07) is 9.88. The molecule has 0 radical (unpaired) electrons. The molecule has 7 heteroatoms. The molecule has 1 heterocycles. The zero-order chi connectivity index (χ0) is 18.8. The summed E-state index contributed by atoms with van der Waals surface area (Å²) in [7, 11) is 3.10. The molecule has 0 spiro atoms. The summed E-state index contributed by atoms with van der Waals surface area (Å²) in [5, 5.41) is 11.2. The molecule has 0 saturated carbocycles. The van der Waals surface area contributed by atoms with Gasteiger partial charge < -0.3 is 14.4 Å². The van der Waals surface area contributed by atoms with Gasteiger partial charge in [-0.05, 0) is 35.2 Å². The molecule has 1 atom stereocenters. The van der Waals surface area contributed by atoms with Gasteiger partial charge >= 0.3 is 0 Å². The summed E-state index contributed by atoms with van der Waals surface area (Å²) in [6.07, 6.45) is 0.663. The molecular formula is C19H20N2O5. The Morgan fingerprint density at radius 2 is 1.88 bits per heavy atom. The fourth-order valence-electron chi connectivity index (χ4n) is 3.44. The Morgan fingerprint density at radius 3 is 2.50 bits per heavy atom. The maximum atomic E-state index is 12.2. The van der Waals surface area contributed by atoms with Crippen LogP contribution in [0.5, 0.6) is 11.5 Å². The van der Waals surface area contributed by atoms with Crippen LogP contribution in [0.4, 0.5) is 5.69 Å². The van der Waals surface area contributed by atoms with E-state index in [4.69, 9.17) is 9.47 Å². The van der Waals surface area contributed by atoms with E-state index in [9.17, 15) is 14.9 Å². The van der Waals surface area contributed by atoms with Crippen LogP contribution >= 0.6 is 0 Å². The first-order valence-corrected chi connectivity index (χ1v) is 8.22. The number of non-ortho nitro benzene ring substituents is 1. The van der Waals surface area contributed by atoms with E-state index in [2.05, 4.69) is 0 Å². The van der Waals surface area contributed by atoms with E-state index >= 15 is 0 Å². The van der Waals surface area contributed by atoms with Crippen molar-refractivity contribution in [1.82, 2.24) is 4.90 Å². The summed E-state index contributed by atoms with van der Waals surface area (Å²) in [5.41, 5.74) is 2.61. The van der Waals surface area contributed by atoms with Gasteiger partial charge in [0.25, 0.3) is 5.69 Å². The number of nitro groups is 1. The Balaban J connectivity index is 2.17. The first-order chi connectivity index (χ1) is 12.5. The number of carbonyl (C=O) groups is 1. The topological polar surface area (TPSA) is 81.9 Å². The van der Waals surface area contributed by atoms with Gasteiger partial charge in [0.2, 0.25) is 5.91 Å². The van der Waals surface area contributed by atoms with E-state index in [1.54, 1.807) is 37.3 Å². The second-order valence-corrected chi connectivity index (χ2v) is 6.12. The van der Waals surface area contributed by atoms with Gasteiger partial charge in [0.15, 0.2) is 11.5 Å². The Bertz CT molecular complexity index is 865. The zero-order valence-electron chi connectivity index (χ0n) is 14.9. The lowest BCUT2D eigenvalue weighted by molar-refractivity contribution is -0.385. The van der Waals surface area contributed by atoms with Gasteiger partial charge in [-0.1, -0.05) is 12.1 Å². The number of rotatable bonds is 4. The molecule has 0 saturated heterocycles. The van der Waals surface area contributed by atoms with Gasteiger partial charge in [-0.2, -0.15) is 0 Å². The quantitative estimate of drug-likeness (QED) is 0.621. The predicted octanol–water partition coefficient (Wildman–Crippen LogP) is 3.11. The van der Waals surface area contributed by atoms with Crippen molar-refractivity contribution in [2.45, 2.75) is 19.4 Å². The van der Waals surface area contributed by atoms with Crippen LogP contribution in [0.15, 0.2) is 36.4 Å². The minimum absolute atomic E-state index is 0.0135. The maximum Gasteiger partial charge on any atom is 0.269 e. The molecule has 136 valence electrons. The van der Waals surface area contributed by atoms with Crippen molar-refractivity contribution < 1.29 is 19.2 Å². The summed E-state index contributed by atoms with van der Waals surface area (Å²) in [4.78, 5) is 24.8. The second-order valence-electron chi connectivity index (χ2n) is 6.12. The van der Waals surface area contributed by atoms with Crippen molar-refractivity contribution in [1.29, 1.82) is 0 Å². The largest absolute Gasteiger partial charge is 0.493 e. The monoisotopic (exact) mass is 356 g/mol. The van der Waals surface area contributed by atoms with Gasteiger partial charge in [-0.15, -0.1) is 0 Å². The molecule has 1 aliphatic rings. The van der Waals surface area contributed by atoms with Gasteiger partial charge in [-0.3, -0.25) is 14.9 Å². The Labute approximate surface area is 151 Å². The molecule has 1 amide bonds. The van der Waals surface area contributed by atoms with E-state index in [1.165, 1.54) is 13.0 Å². The standard InChI is InChI=1S/C19H20N2O5/c1-12(22)20-9-8-13-4-6-15(21(23)24)11-16(13)19(20)14-5-7-17(25-2)18(10-14)26-3/h4-7,10-11,19H,8-9H2,1-3H3. The molecule has 2 aromatic carbocycles. The maximum absolute atomic E-state index is 12.2. The normalized spacial score (nSPS) is 16.0. The van der Waals surface area contributed by atoms with Crippen molar-refractivity contribution in [3.8, 4) is 11.5 Å². The minimum Gasteiger partial charge on any atom is -0.493 e. The first-order valence-electron chi connectivity index (χ1n) is 8.22. The molecule has 0 fully saturated rings. The van der Waals surface area contributed by atoms with Crippen LogP contribution in [0.2, 0.25) is 0 Å². The van der Waals surface area contributed by atoms with Crippen LogP contribution in [-0.2, 0) is 11.2 Å². The van der Waals surface area contributed by atoms with Crippen molar-refractivity contribution in [2.24, 2.45) is 0 Å². The van der Waals surface area contributed by atoms with E-state index in [0.717, 1.165) is 16.7 Å². The third-order valence-corrected chi connectivity index (χ3v) is 4.70. The highest BCUT2D eigenvalue weighted by atomic mass is 16.6. The van der Waals surface area contributed by atoms with E-state index < -0.39 is 11.0 Å². The highest BCUT2D eigenvalue weighted by Gasteiger charge is 2.32. The van der Waals surface area contributed by atoms with Crippen molar-refractivity contribution in [2.75, 3.05) is 20.8 Å². The van der Waals surface area contributed by atoms with Gasteiger partial charge in [0, 0.05) is 25.6 Å². The first kappa shape index (κ1) is 17.7. The average molecular weight is 356 g/mol. The number of hydrogen-bond donors (Lipinski definition) is 0. The fraction of sp³-hybridized carbons (Fsp3) is 0.316. The molecule has 0 N–H and O–H groups in total. The van der Waals surface area contributed by atoms with Crippen LogP contribution in [0.25, 0.3) is 0 Å². The van der Waals surface area contributed by atoms with Crippen LogP contribution in [0.3, 0.4) is 0 Å². The number of nitrogens with zero attached hydrogens (tertiary/aromatic N) is 2. The average Bonchev–Trinajstić information content (AvgIpc) is 2.65. The van der Waals surface area contributed by atoms with Crippen LogP contribution in [-0.4, -0.2) is 36.5 Å². The lowest BCUT2D eigenvalue weighted by Gasteiger charge is -2.37. The minimum atomic E-state index is -0.418. The highest BCUT2D eigenvalue weighted by Crippen LogP contribution is 2.40. The lowest BCUT2D eigenvalue weighted by Crippen LogP contribution is -2.39. The Hall–Kier alpha value is -3.09. The van der Waals surface area contributed by atoms with Crippen molar-refractivity contribution in [3.63, 3.8) is 0 Å². The molecule has 3 rings (SSSR count). The third kappa shape index (κ3) is 3.08. The Morgan fingerprint density at radius 1 is 1.15 bits per heavy atom. The number of ether oxygens (including phenoxy) is 2. The summed E-state index contributed by atoms with van der Waals surface area (Å²) in [5.74, 6) is 1.05. The number of nitro benzene ring substituents is 1. The zero-order valence-corrected chi connectivity index (χ0v) is 14.9. The third-order valence-electron chi connectivity index (χ3n) is 4.70. The number of fused-ring (bicyclic) bond motifs is 1. The molecule has 1 aliphatic heterocycles. The van der Waals surface area contributed by atoms with Crippen LogP contribution in [0, 0.1) is 10.1 Å². The van der Waals surface area contributed by atoms with Crippen LogP contribution in [0.1, 0.15) is 29.7 Å². The highest BCUT2D eigenvalue weighted by molar-refractivity contribution is 5.75. The molecule has 0 bridgehead atoms. The summed E-state index contributed by atoms with van der Waals surface area (Å²) in [6.45, 7) is 2.06. The van der Waals surface area contributed by atoms with Gasteiger partial charge in [-0.25, -0.2) is 0 Å². The lowest BCUT2D eigenvalue weighted by atomic mass is 9.87. The van der Waals surface area contributed by atoms with E-state index in [-0.39, 0.29) is 11.6 Å². The molecule has 0 aliphatic carbocycles.